The second kappa shape index (κ2) is 9.22. The molecular formula is C26H33ClN6O2. The third kappa shape index (κ3) is 4.76. The maximum absolute atomic E-state index is 12.7. The second-order valence-electron chi connectivity index (χ2n) is 10.4. The summed E-state index contributed by atoms with van der Waals surface area (Å²) < 4.78 is 7.74. The Balaban J connectivity index is 1.52. The number of ether oxygens (including phenoxy) is 1. The van der Waals surface area contributed by atoms with Crippen molar-refractivity contribution >= 4 is 40.2 Å². The van der Waals surface area contributed by atoms with Crippen LogP contribution in [-0.2, 0) is 4.74 Å². The van der Waals surface area contributed by atoms with Crippen LogP contribution in [0.5, 0.6) is 0 Å². The predicted octanol–water partition coefficient (Wildman–Crippen LogP) is 5.12. The highest BCUT2D eigenvalue weighted by Gasteiger charge is 2.33. The molecule has 1 unspecified atom stereocenters. The van der Waals surface area contributed by atoms with Crippen LogP contribution < -0.4 is 9.80 Å². The lowest BCUT2D eigenvalue weighted by molar-refractivity contribution is 0.0159. The summed E-state index contributed by atoms with van der Waals surface area (Å²) in [7, 11) is 0. The van der Waals surface area contributed by atoms with E-state index in [1.54, 1.807) is 6.33 Å². The van der Waals surface area contributed by atoms with E-state index in [0.29, 0.717) is 24.7 Å². The fraction of sp³-hybridized carbons (Fsp3) is 0.500. The number of aromatic nitrogens is 3. The molecule has 8 nitrogen and oxygen atoms in total. The first-order valence-corrected chi connectivity index (χ1v) is 12.7. The summed E-state index contributed by atoms with van der Waals surface area (Å²) >= 11 is 6.32. The molecule has 2 saturated heterocycles. The first-order chi connectivity index (χ1) is 16.7. The Labute approximate surface area is 211 Å². The zero-order valence-electron chi connectivity index (χ0n) is 20.9. The van der Waals surface area contributed by atoms with Gasteiger partial charge in [0.05, 0.1) is 11.1 Å². The molecule has 0 saturated carbocycles. The van der Waals surface area contributed by atoms with Crippen LogP contribution in [0.1, 0.15) is 40.5 Å². The van der Waals surface area contributed by atoms with E-state index in [2.05, 4.69) is 27.5 Å². The minimum absolute atomic E-state index is 0.00568. The molecule has 2 aromatic heterocycles. The summed E-state index contributed by atoms with van der Waals surface area (Å²) in [5.74, 6) is 0.911. The summed E-state index contributed by atoms with van der Waals surface area (Å²) in [6.45, 7) is 11.7. The Kier molecular flexibility index (Phi) is 6.25. The number of amides is 1. The number of carbonyl (C=O) groups excluding carboxylic acids is 1. The first kappa shape index (κ1) is 23.7. The van der Waals surface area contributed by atoms with Crippen molar-refractivity contribution in [1.82, 2.24) is 19.4 Å². The van der Waals surface area contributed by atoms with Crippen molar-refractivity contribution in [2.75, 3.05) is 42.5 Å². The largest absolute Gasteiger partial charge is 0.444 e. The molecule has 4 heterocycles. The maximum Gasteiger partial charge on any atom is 0.410 e. The van der Waals surface area contributed by atoms with Crippen molar-refractivity contribution in [2.45, 2.75) is 52.2 Å². The number of hydrogen-bond donors (Lipinski definition) is 0. The molecule has 0 bridgehead atoms. The quantitative estimate of drug-likeness (QED) is 0.501. The molecule has 2 aliphatic heterocycles. The Morgan fingerprint density at radius 2 is 1.86 bits per heavy atom. The van der Waals surface area contributed by atoms with E-state index in [1.807, 2.05) is 49.9 Å². The van der Waals surface area contributed by atoms with Gasteiger partial charge in [-0.2, -0.15) is 0 Å². The molecule has 2 fully saturated rings. The first-order valence-electron chi connectivity index (χ1n) is 12.3. The number of fused-ring (bicyclic) bond motifs is 1. The number of piperazine rings is 1. The molecule has 1 amide bonds. The van der Waals surface area contributed by atoms with Gasteiger partial charge in [0.25, 0.3) is 0 Å². The van der Waals surface area contributed by atoms with Crippen LogP contribution in [0, 0.1) is 0 Å². The Hall–Kier alpha value is -3.00. The molecule has 0 spiro atoms. The van der Waals surface area contributed by atoms with Gasteiger partial charge in [-0.05, 0) is 58.7 Å². The summed E-state index contributed by atoms with van der Waals surface area (Å²) in [5.41, 5.74) is 2.47. The van der Waals surface area contributed by atoms with E-state index in [0.717, 1.165) is 41.3 Å². The van der Waals surface area contributed by atoms with Crippen LogP contribution in [-0.4, -0.2) is 69.9 Å². The van der Waals surface area contributed by atoms with Crippen molar-refractivity contribution in [3.05, 3.63) is 41.8 Å². The highest BCUT2D eigenvalue weighted by Crippen LogP contribution is 2.38. The van der Waals surface area contributed by atoms with Crippen LogP contribution in [0.4, 0.5) is 16.3 Å². The average molecular weight is 497 g/mol. The van der Waals surface area contributed by atoms with Gasteiger partial charge < -0.3 is 19.4 Å². The lowest BCUT2D eigenvalue weighted by Crippen LogP contribution is -2.55. The van der Waals surface area contributed by atoms with Crippen molar-refractivity contribution in [2.24, 2.45) is 0 Å². The molecule has 1 aromatic carbocycles. The van der Waals surface area contributed by atoms with Gasteiger partial charge >= 0.3 is 6.09 Å². The molecule has 3 aromatic rings. The summed E-state index contributed by atoms with van der Waals surface area (Å²) in [6.07, 6.45) is 5.90. The average Bonchev–Trinajstić information content (AvgIpc) is 3.45. The van der Waals surface area contributed by atoms with Gasteiger partial charge in [0.15, 0.2) is 5.65 Å². The van der Waals surface area contributed by atoms with Crippen LogP contribution in [0.15, 0.2) is 36.8 Å². The standard InChI is InChI=1S/C26H33ClN6O2/c1-18-15-31(12-13-32(18)25(34)35-26(2,3)4)23-22-21(30-10-5-6-11-30)16-33(24(22)29-17-28-23)20-9-7-8-19(27)14-20/h7-9,14,16-18H,5-6,10-13,15H2,1-4H3. The normalized spacial score (nSPS) is 19.0. The minimum atomic E-state index is -0.513. The van der Waals surface area contributed by atoms with Crippen LogP contribution in [0.3, 0.4) is 0 Å². The molecule has 35 heavy (non-hydrogen) atoms. The number of halogens is 1. The van der Waals surface area contributed by atoms with E-state index < -0.39 is 5.60 Å². The van der Waals surface area contributed by atoms with E-state index in [9.17, 15) is 4.79 Å². The number of nitrogens with zero attached hydrogens (tertiary/aromatic N) is 6. The zero-order chi connectivity index (χ0) is 24.7. The molecule has 0 N–H and O–H groups in total. The highest BCUT2D eigenvalue weighted by molar-refractivity contribution is 6.30. The number of anilines is 2. The van der Waals surface area contributed by atoms with Crippen molar-refractivity contribution in [3.8, 4) is 5.69 Å². The van der Waals surface area contributed by atoms with Gasteiger partial charge in [0.2, 0.25) is 0 Å². The molecule has 1 atom stereocenters. The second-order valence-corrected chi connectivity index (χ2v) is 10.9. The molecule has 0 aliphatic carbocycles. The Morgan fingerprint density at radius 3 is 2.54 bits per heavy atom. The van der Waals surface area contributed by atoms with Gasteiger partial charge in [-0.25, -0.2) is 14.8 Å². The smallest absolute Gasteiger partial charge is 0.410 e. The minimum Gasteiger partial charge on any atom is -0.444 e. The van der Waals surface area contributed by atoms with Crippen molar-refractivity contribution in [3.63, 3.8) is 0 Å². The van der Waals surface area contributed by atoms with Gasteiger partial charge in [0.1, 0.15) is 17.7 Å². The number of benzene rings is 1. The summed E-state index contributed by atoms with van der Waals surface area (Å²) in [6, 6.07) is 7.83. The number of hydrogen-bond acceptors (Lipinski definition) is 6. The van der Waals surface area contributed by atoms with Gasteiger partial charge in [0, 0.05) is 55.7 Å². The monoisotopic (exact) mass is 496 g/mol. The molecule has 186 valence electrons. The van der Waals surface area contributed by atoms with E-state index in [4.69, 9.17) is 26.3 Å². The van der Waals surface area contributed by atoms with E-state index >= 15 is 0 Å². The molecule has 9 heteroatoms. The van der Waals surface area contributed by atoms with Crippen LogP contribution >= 0.6 is 11.6 Å². The number of rotatable bonds is 3. The predicted molar refractivity (Wildman–Crippen MR) is 140 cm³/mol. The molecular weight excluding hydrogens is 464 g/mol. The van der Waals surface area contributed by atoms with E-state index in [-0.39, 0.29) is 12.1 Å². The third-order valence-corrected chi connectivity index (χ3v) is 6.87. The zero-order valence-corrected chi connectivity index (χ0v) is 21.6. The lowest BCUT2D eigenvalue weighted by atomic mass is 10.1. The Bertz CT molecular complexity index is 1230. The maximum atomic E-state index is 12.7. The van der Waals surface area contributed by atoms with Gasteiger partial charge in [-0.15, -0.1) is 0 Å². The van der Waals surface area contributed by atoms with E-state index in [1.165, 1.54) is 12.8 Å². The SMILES string of the molecule is CC1CN(c2ncnc3c2c(N2CCCC2)cn3-c2cccc(Cl)c2)CCN1C(=O)OC(C)(C)C. The fourth-order valence-electron chi connectivity index (χ4n) is 5.03. The summed E-state index contributed by atoms with van der Waals surface area (Å²) in [4.78, 5) is 28.7. The fourth-order valence-corrected chi connectivity index (χ4v) is 5.21. The van der Waals surface area contributed by atoms with Crippen LogP contribution in [0.2, 0.25) is 5.02 Å². The molecule has 5 rings (SSSR count). The van der Waals surface area contributed by atoms with Gasteiger partial charge in [-0.1, -0.05) is 17.7 Å². The Morgan fingerprint density at radius 1 is 1.09 bits per heavy atom. The molecule has 2 aliphatic rings. The number of carbonyl (C=O) groups is 1. The van der Waals surface area contributed by atoms with Crippen molar-refractivity contribution < 1.29 is 9.53 Å². The highest BCUT2D eigenvalue weighted by atomic mass is 35.5. The summed E-state index contributed by atoms with van der Waals surface area (Å²) in [5, 5.41) is 1.74. The molecule has 0 radical (unpaired) electrons. The van der Waals surface area contributed by atoms with Gasteiger partial charge in [-0.3, -0.25) is 4.57 Å². The van der Waals surface area contributed by atoms with Crippen molar-refractivity contribution in [1.29, 1.82) is 0 Å². The topological polar surface area (TPSA) is 66.7 Å². The third-order valence-electron chi connectivity index (χ3n) is 6.63. The van der Waals surface area contributed by atoms with Crippen LogP contribution in [0.25, 0.3) is 16.7 Å². The lowest BCUT2D eigenvalue weighted by Gasteiger charge is -2.41.